The molecule has 5 nitrogen and oxygen atoms in total. The molecule has 1 unspecified atom stereocenters. The van der Waals surface area contributed by atoms with Crippen molar-refractivity contribution in [1.29, 1.82) is 0 Å². The second-order valence-electron chi connectivity index (χ2n) is 5.10. The van der Waals surface area contributed by atoms with Crippen molar-refractivity contribution >= 4 is 35.8 Å². The first-order chi connectivity index (χ1) is 9.95. The standard InChI is InChI=1S/C15H22ClN3O2.ClH/c1-10(2)13(15(21)18-9-8-17-3)19-14(20)11-4-6-12(16)7-5-11;/h4-7,10,13,17H,8-9H2,1-3H3,(H,18,21)(H,19,20);1H. The number of nitrogens with one attached hydrogen (secondary N) is 3. The molecule has 0 fully saturated rings. The Hall–Kier alpha value is -1.30. The SMILES string of the molecule is CNCCNC(=O)C(NC(=O)c1ccc(Cl)cc1)C(C)C.Cl. The van der Waals surface area contributed by atoms with Gasteiger partial charge in [-0.2, -0.15) is 0 Å². The average molecular weight is 348 g/mol. The molecule has 1 aromatic rings. The summed E-state index contributed by atoms with van der Waals surface area (Å²) in [5.74, 6) is -0.465. The molecule has 1 aromatic carbocycles. The molecule has 2 amide bonds. The molecular formula is C15H23Cl2N3O2. The van der Waals surface area contributed by atoms with Crippen LogP contribution in [0.4, 0.5) is 0 Å². The van der Waals surface area contributed by atoms with Crippen LogP contribution in [0.3, 0.4) is 0 Å². The second-order valence-corrected chi connectivity index (χ2v) is 5.53. The Kier molecular flexibility index (Phi) is 9.81. The third-order valence-corrected chi connectivity index (χ3v) is 3.27. The summed E-state index contributed by atoms with van der Waals surface area (Å²) < 4.78 is 0. The van der Waals surface area contributed by atoms with Gasteiger partial charge in [0.1, 0.15) is 6.04 Å². The monoisotopic (exact) mass is 347 g/mol. The van der Waals surface area contributed by atoms with E-state index in [-0.39, 0.29) is 30.1 Å². The van der Waals surface area contributed by atoms with Crippen LogP contribution >= 0.6 is 24.0 Å². The van der Waals surface area contributed by atoms with Crippen molar-refractivity contribution in [3.05, 3.63) is 34.9 Å². The van der Waals surface area contributed by atoms with Crippen LogP contribution in [0, 0.1) is 5.92 Å². The van der Waals surface area contributed by atoms with Crippen LogP contribution in [-0.2, 0) is 4.79 Å². The summed E-state index contributed by atoms with van der Waals surface area (Å²) >= 11 is 5.79. The largest absolute Gasteiger partial charge is 0.353 e. The summed E-state index contributed by atoms with van der Waals surface area (Å²) in [5, 5.41) is 9.07. The fourth-order valence-corrected chi connectivity index (χ4v) is 1.91. The zero-order valence-electron chi connectivity index (χ0n) is 13.0. The first-order valence-corrected chi connectivity index (χ1v) is 7.32. The summed E-state index contributed by atoms with van der Waals surface area (Å²) in [6.45, 7) is 4.99. The fourth-order valence-electron chi connectivity index (χ4n) is 1.78. The highest BCUT2D eigenvalue weighted by molar-refractivity contribution is 6.30. The number of carbonyl (C=O) groups is 2. The molecule has 0 heterocycles. The van der Waals surface area contributed by atoms with Crippen LogP contribution in [0.15, 0.2) is 24.3 Å². The molecule has 0 spiro atoms. The van der Waals surface area contributed by atoms with Gasteiger partial charge in [0, 0.05) is 23.7 Å². The smallest absolute Gasteiger partial charge is 0.251 e. The van der Waals surface area contributed by atoms with E-state index in [2.05, 4.69) is 16.0 Å². The van der Waals surface area contributed by atoms with E-state index < -0.39 is 6.04 Å². The van der Waals surface area contributed by atoms with Gasteiger partial charge in [-0.3, -0.25) is 9.59 Å². The summed E-state index contributed by atoms with van der Waals surface area (Å²) in [6.07, 6.45) is 0. The zero-order valence-corrected chi connectivity index (χ0v) is 14.6. The lowest BCUT2D eigenvalue weighted by atomic mass is 10.0. The first kappa shape index (κ1) is 20.7. The number of hydrogen-bond acceptors (Lipinski definition) is 3. The van der Waals surface area contributed by atoms with Gasteiger partial charge in [-0.15, -0.1) is 12.4 Å². The Morgan fingerprint density at radius 3 is 2.23 bits per heavy atom. The Morgan fingerprint density at radius 1 is 1.14 bits per heavy atom. The van der Waals surface area contributed by atoms with Crippen molar-refractivity contribution in [2.24, 2.45) is 5.92 Å². The van der Waals surface area contributed by atoms with Crippen LogP contribution in [0.5, 0.6) is 0 Å². The maximum atomic E-state index is 12.2. The van der Waals surface area contributed by atoms with Crippen molar-refractivity contribution in [2.45, 2.75) is 19.9 Å². The minimum Gasteiger partial charge on any atom is -0.353 e. The number of likely N-dealkylation sites (N-methyl/N-ethyl adjacent to an activating group) is 1. The van der Waals surface area contributed by atoms with Gasteiger partial charge in [0.15, 0.2) is 0 Å². The average Bonchev–Trinajstić information content (AvgIpc) is 2.45. The highest BCUT2D eigenvalue weighted by atomic mass is 35.5. The second kappa shape index (κ2) is 10.4. The molecule has 1 rings (SSSR count). The maximum Gasteiger partial charge on any atom is 0.251 e. The molecule has 0 saturated heterocycles. The molecule has 0 aromatic heterocycles. The quantitative estimate of drug-likeness (QED) is 0.659. The third kappa shape index (κ3) is 6.64. The predicted octanol–water partition coefficient (Wildman–Crippen LogP) is 1.85. The van der Waals surface area contributed by atoms with Crippen molar-refractivity contribution < 1.29 is 9.59 Å². The van der Waals surface area contributed by atoms with Gasteiger partial charge in [0.2, 0.25) is 5.91 Å². The van der Waals surface area contributed by atoms with E-state index in [9.17, 15) is 9.59 Å². The molecule has 0 radical (unpaired) electrons. The van der Waals surface area contributed by atoms with E-state index >= 15 is 0 Å². The van der Waals surface area contributed by atoms with Gasteiger partial charge in [-0.25, -0.2) is 0 Å². The summed E-state index contributed by atoms with van der Waals surface area (Å²) in [4.78, 5) is 24.3. The number of rotatable bonds is 7. The Balaban J connectivity index is 0.00000441. The van der Waals surface area contributed by atoms with Gasteiger partial charge < -0.3 is 16.0 Å². The molecule has 1 atom stereocenters. The van der Waals surface area contributed by atoms with Crippen LogP contribution in [-0.4, -0.2) is 38.0 Å². The summed E-state index contributed by atoms with van der Waals surface area (Å²) in [5.41, 5.74) is 0.480. The molecule has 0 saturated carbocycles. The van der Waals surface area contributed by atoms with E-state index in [4.69, 9.17) is 11.6 Å². The molecular weight excluding hydrogens is 325 g/mol. The maximum absolute atomic E-state index is 12.2. The molecule has 0 bridgehead atoms. The molecule has 0 aliphatic rings. The van der Waals surface area contributed by atoms with Crippen LogP contribution in [0.2, 0.25) is 5.02 Å². The van der Waals surface area contributed by atoms with Crippen molar-refractivity contribution in [1.82, 2.24) is 16.0 Å². The van der Waals surface area contributed by atoms with Crippen LogP contribution in [0.25, 0.3) is 0 Å². The van der Waals surface area contributed by atoms with Gasteiger partial charge in [0.25, 0.3) is 5.91 Å². The number of carbonyl (C=O) groups excluding carboxylic acids is 2. The highest BCUT2D eigenvalue weighted by Gasteiger charge is 2.24. The topological polar surface area (TPSA) is 70.2 Å². The Morgan fingerprint density at radius 2 is 1.73 bits per heavy atom. The van der Waals surface area contributed by atoms with E-state index in [0.29, 0.717) is 23.7 Å². The van der Waals surface area contributed by atoms with Crippen molar-refractivity contribution in [3.63, 3.8) is 0 Å². The van der Waals surface area contributed by atoms with Crippen LogP contribution < -0.4 is 16.0 Å². The predicted molar refractivity (Wildman–Crippen MR) is 91.7 cm³/mol. The van der Waals surface area contributed by atoms with Gasteiger partial charge >= 0.3 is 0 Å². The lowest BCUT2D eigenvalue weighted by Gasteiger charge is -2.21. The summed E-state index contributed by atoms with van der Waals surface area (Å²) in [6, 6.07) is 5.99. The lowest BCUT2D eigenvalue weighted by Crippen LogP contribution is -2.50. The van der Waals surface area contributed by atoms with Crippen LogP contribution in [0.1, 0.15) is 24.2 Å². The van der Waals surface area contributed by atoms with E-state index in [1.807, 2.05) is 20.9 Å². The fraction of sp³-hybridized carbons (Fsp3) is 0.467. The number of amides is 2. The molecule has 0 aliphatic heterocycles. The van der Waals surface area contributed by atoms with Gasteiger partial charge in [-0.05, 0) is 37.2 Å². The molecule has 22 heavy (non-hydrogen) atoms. The zero-order chi connectivity index (χ0) is 15.8. The molecule has 3 N–H and O–H groups in total. The van der Waals surface area contributed by atoms with E-state index in [1.165, 1.54) is 0 Å². The minimum absolute atomic E-state index is 0. The first-order valence-electron chi connectivity index (χ1n) is 6.94. The van der Waals surface area contributed by atoms with Gasteiger partial charge in [0.05, 0.1) is 0 Å². The van der Waals surface area contributed by atoms with Gasteiger partial charge in [-0.1, -0.05) is 25.4 Å². The highest BCUT2D eigenvalue weighted by Crippen LogP contribution is 2.10. The number of hydrogen-bond donors (Lipinski definition) is 3. The van der Waals surface area contributed by atoms with Crippen molar-refractivity contribution in [3.8, 4) is 0 Å². The molecule has 124 valence electrons. The molecule has 7 heteroatoms. The molecule has 0 aliphatic carbocycles. The summed E-state index contributed by atoms with van der Waals surface area (Å²) in [7, 11) is 1.81. The van der Waals surface area contributed by atoms with E-state index in [1.54, 1.807) is 24.3 Å². The van der Waals surface area contributed by atoms with E-state index in [0.717, 1.165) is 0 Å². The normalized spacial score (nSPS) is 11.5. The third-order valence-electron chi connectivity index (χ3n) is 3.02. The minimum atomic E-state index is -0.565. The Bertz CT molecular complexity index is 478. The Labute approximate surface area is 142 Å². The van der Waals surface area contributed by atoms with Crippen molar-refractivity contribution in [2.75, 3.05) is 20.1 Å². The number of benzene rings is 1. The lowest BCUT2D eigenvalue weighted by molar-refractivity contribution is -0.123. The number of halogens is 2.